The molecule has 104 valence electrons. The van der Waals surface area contributed by atoms with Gasteiger partial charge in [0.1, 0.15) is 5.75 Å². The molecule has 0 saturated heterocycles. The van der Waals surface area contributed by atoms with Crippen molar-refractivity contribution in [2.24, 2.45) is 0 Å². The summed E-state index contributed by atoms with van der Waals surface area (Å²) in [5.74, 6) is -0.274. The first-order valence-corrected chi connectivity index (χ1v) is 6.12. The van der Waals surface area contributed by atoms with E-state index in [2.05, 4.69) is 0 Å². The fourth-order valence-electron chi connectivity index (χ4n) is 1.61. The molecule has 5 nitrogen and oxygen atoms in total. The van der Waals surface area contributed by atoms with Crippen LogP contribution in [0.15, 0.2) is 18.2 Å². The fourth-order valence-corrected chi connectivity index (χ4v) is 1.61. The first-order valence-electron chi connectivity index (χ1n) is 6.12. The Kier molecular flexibility index (Phi) is 5.85. The molecule has 0 amide bonds. The van der Waals surface area contributed by atoms with Crippen LogP contribution in [0.25, 0.3) is 0 Å². The van der Waals surface area contributed by atoms with Gasteiger partial charge in [-0.2, -0.15) is 0 Å². The number of benzene rings is 1. The summed E-state index contributed by atoms with van der Waals surface area (Å²) in [5.41, 5.74) is 1.32. The van der Waals surface area contributed by atoms with Crippen molar-refractivity contribution in [3.63, 3.8) is 0 Å². The lowest BCUT2D eigenvalue weighted by Gasteiger charge is -2.10. The molecule has 1 aromatic rings. The summed E-state index contributed by atoms with van der Waals surface area (Å²) in [6.45, 7) is 3.84. The lowest BCUT2D eigenvalue weighted by atomic mass is 10.1. The Balaban J connectivity index is 2.77. The van der Waals surface area contributed by atoms with Crippen LogP contribution in [-0.4, -0.2) is 32.3 Å². The molecule has 0 bridgehead atoms. The van der Waals surface area contributed by atoms with E-state index in [4.69, 9.17) is 14.2 Å². The van der Waals surface area contributed by atoms with E-state index in [1.165, 1.54) is 7.11 Å². The monoisotopic (exact) mass is 266 g/mol. The molecule has 0 radical (unpaired) electrons. The van der Waals surface area contributed by atoms with Crippen molar-refractivity contribution in [3.05, 3.63) is 29.3 Å². The third-order valence-corrected chi connectivity index (χ3v) is 2.52. The molecule has 0 fully saturated rings. The zero-order chi connectivity index (χ0) is 14.3. The van der Waals surface area contributed by atoms with Gasteiger partial charge in [0, 0.05) is 0 Å². The van der Waals surface area contributed by atoms with Gasteiger partial charge >= 0.3 is 11.9 Å². The highest BCUT2D eigenvalue weighted by molar-refractivity contribution is 5.91. The van der Waals surface area contributed by atoms with Crippen molar-refractivity contribution in [1.29, 1.82) is 0 Å². The molecule has 0 heterocycles. The molecule has 0 aliphatic carbocycles. The Bertz CT molecular complexity index is 453. The zero-order valence-electron chi connectivity index (χ0n) is 11.4. The molecule has 5 heteroatoms. The number of carbonyl (C=O) groups excluding carboxylic acids is 2. The van der Waals surface area contributed by atoms with Crippen LogP contribution in [0.5, 0.6) is 5.75 Å². The van der Waals surface area contributed by atoms with Crippen molar-refractivity contribution in [3.8, 4) is 5.75 Å². The minimum Gasteiger partial charge on any atom is -0.482 e. The lowest BCUT2D eigenvalue weighted by Crippen LogP contribution is -2.15. The van der Waals surface area contributed by atoms with E-state index in [9.17, 15) is 9.59 Å². The largest absolute Gasteiger partial charge is 0.482 e. The van der Waals surface area contributed by atoms with E-state index in [1.807, 2.05) is 6.92 Å². The van der Waals surface area contributed by atoms with Crippen molar-refractivity contribution >= 4 is 11.9 Å². The van der Waals surface area contributed by atoms with Crippen LogP contribution < -0.4 is 4.74 Å². The predicted octanol–water partition coefficient (Wildman–Crippen LogP) is 1.98. The van der Waals surface area contributed by atoms with Gasteiger partial charge in [-0.3, -0.25) is 0 Å². The molecular weight excluding hydrogens is 248 g/mol. The Morgan fingerprint density at radius 1 is 1.21 bits per heavy atom. The summed E-state index contributed by atoms with van der Waals surface area (Å²) in [4.78, 5) is 22.7. The van der Waals surface area contributed by atoms with Crippen LogP contribution in [-0.2, 0) is 20.7 Å². The van der Waals surface area contributed by atoms with Gasteiger partial charge in [0.25, 0.3) is 0 Å². The zero-order valence-corrected chi connectivity index (χ0v) is 11.4. The number of rotatable bonds is 6. The number of hydrogen-bond donors (Lipinski definition) is 0. The third kappa shape index (κ3) is 4.28. The normalized spacial score (nSPS) is 9.84. The highest BCUT2D eigenvalue weighted by Crippen LogP contribution is 2.19. The molecule has 0 aliphatic rings. The first kappa shape index (κ1) is 15.0. The number of aryl methyl sites for hydroxylation is 1. The average Bonchev–Trinajstić information content (AvgIpc) is 2.44. The third-order valence-electron chi connectivity index (χ3n) is 2.52. The van der Waals surface area contributed by atoms with E-state index in [0.717, 1.165) is 5.56 Å². The van der Waals surface area contributed by atoms with Crippen molar-refractivity contribution in [1.82, 2.24) is 0 Å². The number of esters is 2. The van der Waals surface area contributed by atoms with Gasteiger partial charge in [0.05, 0.1) is 19.3 Å². The van der Waals surface area contributed by atoms with Crippen LogP contribution in [0.1, 0.15) is 29.8 Å². The molecule has 0 spiro atoms. The van der Waals surface area contributed by atoms with Gasteiger partial charge in [-0.05, 0) is 37.1 Å². The van der Waals surface area contributed by atoms with E-state index in [0.29, 0.717) is 24.3 Å². The predicted molar refractivity (Wildman–Crippen MR) is 69.3 cm³/mol. The molecule has 0 atom stereocenters. The summed E-state index contributed by atoms with van der Waals surface area (Å²) in [7, 11) is 1.34. The number of hydrogen-bond acceptors (Lipinski definition) is 5. The number of carbonyl (C=O) groups is 2. The summed E-state index contributed by atoms with van der Waals surface area (Å²) < 4.78 is 14.8. The molecule has 0 aliphatic heterocycles. The van der Waals surface area contributed by atoms with Gasteiger partial charge in [-0.15, -0.1) is 0 Å². The standard InChI is InChI=1S/C14H18O5/c1-4-10-8-11(19-9-13(15)18-5-2)6-7-12(10)14(16)17-3/h6-8H,4-5,9H2,1-3H3. The van der Waals surface area contributed by atoms with E-state index in [1.54, 1.807) is 25.1 Å². The Hall–Kier alpha value is -2.04. The molecule has 1 rings (SSSR count). The summed E-state index contributed by atoms with van der Waals surface area (Å²) in [6.07, 6.45) is 0.668. The first-order chi connectivity index (χ1) is 9.12. The second kappa shape index (κ2) is 7.41. The van der Waals surface area contributed by atoms with Gasteiger partial charge in [0.2, 0.25) is 0 Å². The summed E-state index contributed by atoms with van der Waals surface area (Å²) in [6, 6.07) is 4.99. The Labute approximate surface area is 112 Å². The maximum Gasteiger partial charge on any atom is 0.344 e. The minimum absolute atomic E-state index is 0.144. The average molecular weight is 266 g/mol. The fraction of sp³-hybridized carbons (Fsp3) is 0.429. The molecule has 0 aromatic heterocycles. The second-order valence-electron chi connectivity index (χ2n) is 3.76. The SMILES string of the molecule is CCOC(=O)COc1ccc(C(=O)OC)c(CC)c1. The van der Waals surface area contributed by atoms with Crippen molar-refractivity contribution in [2.45, 2.75) is 20.3 Å². The second-order valence-corrected chi connectivity index (χ2v) is 3.76. The maximum atomic E-state index is 11.5. The molecular formula is C14H18O5. The van der Waals surface area contributed by atoms with Gasteiger partial charge in [-0.25, -0.2) is 9.59 Å². The molecule has 0 N–H and O–H groups in total. The molecule has 0 unspecified atom stereocenters. The number of ether oxygens (including phenoxy) is 3. The van der Waals surface area contributed by atoms with Crippen LogP contribution in [0.3, 0.4) is 0 Å². The molecule has 0 saturated carbocycles. The quantitative estimate of drug-likeness (QED) is 0.737. The van der Waals surface area contributed by atoms with Crippen LogP contribution >= 0.6 is 0 Å². The molecule has 1 aromatic carbocycles. The maximum absolute atomic E-state index is 11.5. The Morgan fingerprint density at radius 3 is 2.53 bits per heavy atom. The van der Waals surface area contributed by atoms with Crippen LogP contribution in [0.4, 0.5) is 0 Å². The summed E-state index contributed by atoms with van der Waals surface area (Å²) >= 11 is 0. The van der Waals surface area contributed by atoms with E-state index < -0.39 is 5.97 Å². The number of methoxy groups -OCH3 is 1. The van der Waals surface area contributed by atoms with Gasteiger partial charge in [-0.1, -0.05) is 6.92 Å². The Morgan fingerprint density at radius 2 is 1.95 bits per heavy atom. The lowest BCUT2D eigenvalue weighted by molar-refractivity contribution is -0.145. The smallest absolute Gasteiger partial charge is 0.344 e. The highest BCUT2D eigenvalue weighted by Gasteiger charge is 2.12. The van der Waals surface area contributed by atoms with E-state index >= 15 is 0 Å². The van der Waals surface area contributed by atoms with Gasteiger partial charge in [0.15, 0.2) is 6.61 Å². The van der Waals surface area contributed by atoms with E-state index in [-0.39, 0.29) is 12.6 Å². The highest BCUT2D eigenvalue weighted by atomic mass is 16.6. The van der Waals surface area contributed by atoms with Crippen molar-refractivity contribution in [2.75, 3.05) is 20.3 Å². The van der Waals surface area contributed by atoms with Gasteiger partial charge < -0.3 is 14.2 Å². The van der Waals surface area contributed by atoms with Crippen LogP contribution in [0.2, 0.25) is 0 Å². The minimum atomic E-state index is -0.419. The topological polar surface area (TPSA) is 61.8 Å². The van der Waals surface area contributed by atoms with Crippen LogP contribution in [0, 0.1) is 0 Å². The molecule has 19 heavy (non-hydrogen) atoms. The summed E-state index contributed by atoms with van der Waals surface area (Å²) in [5, 5.41) is 0. The van der Waals surface area contributed by atoms with Crippen molar-refractivity contribution < 1.29 is 23.8 Å².